The van der Waals surface area contributed by atoms with Crippen molar-refractivity contribution in [2.75, 3.05) is 18.0 Å². The summed E-state index contributed by atoms with van der Waals surface area (Å²) in [5.74, 6) is 0.569. The highest BCUT2D eigenvalue weighted by molar-refractivity contribution is 5.86. The first-order chi connectivity index (χ1) is 16.5. The number of ether oxygens (including phenoxy) is 1. The summed E-state index contributed by atoms with van der Waals surface area (Å²) in [4.78, 5) is 19.5. The summed E-state index contributed by atoms with van der Waals surface area (Å²) < 4.78 is 30.9. The number of hydrogen-bond donors (Lipinski definition) is 2. The van der Waals surface area contributed by atoms with E-state index in [4.69, 9.17) is 9.72 Å². The number of halogens is 2. The molecule has 0 radical (unpaired) electrons. The van der Waals surface area contributed by atoms with Gasteiger partial charge in [-0.15, -0.1) is 0 Å². The molecule has 8 heteroatoms. The van der Waals surface area contributed by atoms with E-state index in [2.05, 4.69) is 5.32 Å². The third kappa shape index (κ3) is 5.11. The maximum absolute atomic E-state index is 13.1. The van der Waals surface area contributed by atoms with E-state index < -0.39 is 6.61 Å². The molecular weight excluding hydrogens is 440 g/mol. The zero-order valence-corrected chi connectivity index (χ0v) is 18.9. The predicted octanol–water partition coefficient (Wildman–Crippen LogP) is 5.22. The SMILES string of the molecule is CCCNC(=O)[C@@H]1CCCN1c1cc(-c2ccccc2OC(F)F)cc(-c2ccccc2O)n1. The number of nitrogens with one attached hydrogen (secondary N) is 1. The van der Waals surface area contributed by atoms with Crippen molar-refractivity contribution < 1.29 is 23.4 Å². The van der Waals surface area contributed by atoms with Gasteiger partial charge in [-0.25, -0.2) is 4.98 Å². The van der Waals surface area contributed by atoms with Crippen LogP contribution in [-0.4, -0.2) is 41.7 Å². The number of anilines is 1. The number of carbonyl (C=O) groups is 1. The van der Waals surface area contributed by atoms with Crippen LogP contribution < -0.4 is 15.0 Å². The number of carbonyl (C=O) groups excluding carboxylic acids is 1. The van der Waals surface area contributed by atoms with Gasteiger partial charge in [0, 0.05) is 24.2 Å². The second kappa shape index (κ2) is 10.5. The molecule has 2 N–H and O–H groups in total. The molecule has 0 saturated carbocycles. The number of phenols is 1. The molecule has 3 aromatic rings. The van der Waals surface area contributed by atoms with Crippen LogP contribution in [0.15, 0.2) is 60.7 Å². The molecule has 2 aromatic carbocycles. The van der Waals surface area contributed by atoms with Crippen molar-refractivity contribution in [3.63, 3.8) is 0 Å². The first-order valence-corrected chi connectivity index (χ1v) is 11.4. The quantitative estimate of drug-likeness (QED) is 0.475. The lowest BCUT2D eigenvalue weighted by Gasteiger charge is -2.26. The van der Waals surface area contributed by atoms with Crippen LogP contribution in [0, 0.1) is 0 Å². The van der Waals surface area contributed by atoms with E-state index in [9.17, 15) is 18.7 Å². The first-order valence-electron chi connectivity index (χ1n) is 11.4. The van der Waals surface area contributed by atoms with Gasteiger partial charge in [0.05, 0.1) is 5.69 Å². The zero-order valence-electron chi connectivity index (χ0n) is 18.9. The fourth-order valence-corrected chi connectivity index (χ4v) is 4.23. The van der Waals surface area contributed by atoms with Crippen LogP contribution in [0.25, 0.3) is 22.4 Å². The fourth-order valence-electron chi connectivity index (χ4n) is 4.23. The molecule has 1 aromatic heterocycles. The molecule has 0 aliphatic carbocycles. The molecule has 1 atom stereocenters. The largest absolute Gasteiger partial charge is 0.507 e. The van der Waals surface area contributed by atoms with E-state index in [1.807, 2.05) is 11.8 Å². The molecule has 1 aliphatic rings. The number of phenolic OH excluding ortho intramolecular Hbond substituents is 1. The second-order valence-electron chi connectivity index (χ2n) is 8.13. The number of alkyl halides is 2. The number of hydrogen-bond acceptors (Lipinski definition) is 5. The Labute approximate surface area is 197 Å². The molecular formula is C26H27F2N3O3. The Bertz CT molecular complexity index is 1160. The van der Waals surface area contributed by atoms with Gasteiger partial charge < -0.3 is 20.1 Å². The maximum atomic E-state index is 13.1. The van der Waals surface area contributed by atoms with Gasteiger partial charge in [0.25, 0.3) is 0 Å². The summed E-state index contributed by atoms with van der Waals surface area (Å²) in [5.41, 5.74) is 2.04. The van der Waals surface area contributed by atoms with Crippen LogP contribution in [0.2, 0.25) is 0 Å². The van der Waals surface area contributed by atoms with Gasteiger partial charge in [-0.05, 0) is 55.2 Å². The number of pyridine rings is 1. The standard InChI is InChI=1S/C26H27F2N3O3/c1-2-13-29-25(33)21-10-7-14-31(21)24-16-17(18-8-4-6-12-23(18)34-26(27)28)15-20(30-24)19-9-3-5-11-22(19)32/h3-6,8-9,11-12,15-16,21,26,32H,2,7,10,13-14H2,1H3,(H,29,33)/t21-/m0/s1. The molecule has 1 saturated heterocycles. The minimum absolute atomic E-state index is 0.0385. The summed E-state index contributed by atoms with van der Waals surface area (Å²) in [6.07, 6.45) is 2.36. The molecule has 0 unspecified atom stereocenters. The third-order valence-corrected chi connectivity index (χ3v) is 5.80. The summed E-state index contributed by atoms with van der Waals surface area (Å²) in [5, 5.41) is 13.4. The second-order valence-corrected chi connectivity index (χ2v) is 8.13. The summed E-state index contributed by atoms with van der Waals surface area (Å²) in [6, 6.07) is 16.5. The van der Waals surface area contributed by atoms with E-state index in [1.54, 1.807) is 54.6 Å². The van der Waals surface area contributed by atoms with E-state index >= 15 is 0 Å². The average Bonchev–Trinajstić information content (AvgIpc) is 3.33. The third-order valence-electron chi connectivity index (χ3n) is 5.80. The number of rotatable bonds is 8. The smallest absolute Gasteiger partial charge is 0.387 e. The molecule has 2 heterocycles. The summed E-state index contributed by atoms with van der Waals surface area (Å²) in [7, 11) is 0. The Kier molecular flexibility index (Phi) is 7.25. The van der Waals surface area contributed by atoms with Crippen LogP contribution in [-0.2, 0) is 4.79 Å². The van der Waals surface area contributed by atoms with Crippen molar-refractivity contribution in [2.24, 2.45) is 0 Å². The van der Waals surface area contributed by atoms with Crippen molar-refractivity contribution >= 4 is 11.7 Å². The number of nitrogens with zero attached hydrogens (tertiary/aromatic N) is 2. The van der Waals surface area contributed by atoms with Crippen molar-refractivity contribution in [3.05, 3.63) is 60.7 Å². The lowest BCUT2D eigenvalue weighted by molar-refractivity contribution is -0.122. The van der Waals surface area contributed by atoms with E-state index in [-0.39, 0.29) is 23.4 Å². The molecule has 4 rings (SSSR count). The highest BCUT2D eigenvalue weighted by Gasteiger charge is 2.32. The van der Waals surface area contributed by atoms with Crippen molar-refractivity contribution in [3.8, 4) is 33.9 Å². The Morgan fingerprint density at radius 2 is 1.91 bits per heavy atom. The monoisotopic (exact) mass is 467 g/mol. The molecule has 178 valence electrons. The number of aromatic hydroxyl groups is 1. The average molecular weight is 468 g/mol. The normalized spacial score (nSPS) is 15.5. The Morgan fingerprint density at radius 1 is 1.18 bits per heavy atom. The molecule has 1 fully saturated rings. The Hall–Kier alpha value is -3.68. The van der Waals surface area contributed by atoms with Crippen molar-refractivity contribution in [1.29, 1.82) is 0 Å². The first kappa shape index (κ1) is 23.5. The van der Waals surface area contributed by atoms with E-state index in [1.165, 1.54) is 6.07 Å². The van der Waals surface area contributed by atoms with Gasteiger partial charge in [-0.2, -0.15) is 8.78 Å². The molecule has 0 bridgehead atoms. The molecule has 1 aliphatic heterocycles. The summed E-state index contributed by atoms with van der Waals surface area (Å²) in [6.45, 7) is 0.258. The number of aromatic nitrogens is 1. The topological polar surface area (TPSA) is 74.7 Å². The lowest BCUT2D eigenvalue weighted by Crippen LogP contribution is -2.44. The van der Waals surface area contributed by atoms with Gasteiger partial charge >= 0.3 is 6.61 Å². The zero-order chi connectivity index (χ0) is 24.1. The van der Waals surface area contributed by atoms with Crippen LogP contribution >= 0.6 is 0 Å². The van der Waals surface area contributed by atoms with Gasteiger partial charge in [-0.3, -0.25) is 4.79 Å². The van der Waals surface area contributed by atoms with Crippen LogP contribution in [0.4, 0.5) is 14.6 Å². The summed E-state index contributed by atoms with van der Waals surface area (Å²) >= 11 is 0. The molecule has 1 amide bonds. The Balaban J connectivity index is 1.83. The van der Waals surface area contributed by atoms with Crippen LogP contribution in [0.3, 0.4) is 0 Å². The highest BCUT2D eigenvalue weighted by Crippen LogP contribution is 2.38. The minimum Gasteiger partial charge on any atom is -0.507 e. The fraction of sp³-hybridized carbons (Fsp3) is 0.308. The molecule has 0 spiro atoms. The van der Waals surface area contributed by atoms with Gasteiger partial charge in [0.2, 0.25) is 5.91 Å². The van der Waals surface area contributed by atoms with Gasteiger partial charge in [0.1, 0.15) is 23.4 Å². The lowest BCUT2D eigenvalue weighted by atomic mass is 10.0. The van der Waals surface area contributed by atoms with E-state index in [0.29, 0.717) is 47.7 Å². The molecule has 34 heavy (non-hydrogen) atoms. The highest BCUT2D eigenvalue weighted by atomic mass is 19.3. The number of benzene rings is 2. The molecule has 6 nitrogen and oxygen atoms in total. The predicted molar refractivity (Wildman–Crippen MR) is 127 cm³/mol. The Morgan fingerprint density at radius 3 is 2.65 bits per heavy atom. The minimum atomic E-state index is -2.97. The van der Waals surface area contributed by atoms with Crippen molar-refractivity contribution in [2.45, 2.75) is 38.8 Å². The number of amides is 1. The van der Waals surface area contributed by atoms with Gasteiger partial charge in [-0.1, -0.05) is 37.3 Å². The number of para-hydroxylation sites is 2. The van der Waals surface area contributed by atoms with Crippen LogP contribution in [0.1, 0.15) is 26.2 Å². The van der Waals surface area contributed by atoms with E-state index in [0.717, 1.165) is 12.8 Å². The maximum Gasteiger partial charge on any atom is 0.387 e. The van der Waals surface area contributed by atoms with Gasteiger partial charge in [0.15, 0.2) is 0 Å². The van der Waals surface area contributed by atoms with Crippen LogP contribution in [0.5, 0.6) is 11.5 Å². The van der Waals surface area contributed by atoms with Crippen molar-refractivity contribution in [1.82, 2.24) is 10.3 Å².